The van der Waals surface area contributed by atoms with Gasteiger partial charge in [0.05, 0.1) is 13.7 Å². The lowest BCUT2D eigenvalue weighted by molar-refractivity contribution is 0.337. The lowest BCUT2D eigenvalue weighted by atomic mass is 10.0. The molecule has 1 aromatic rings. The zero-order valence-corrected chi connectivity index (χ0v) is 9.33. The molecule has 1 unspecified atom stereocenters. The normalized spacial score (nSPS) is 17.6. The summed E-state index contributed by atoms with van der Waals surface area (Å²) in [7, 11) is 1.70. The Hall–Kier alpha value is -1.18. The van der Waals surface area contributed by atoms with Gasteiger partial charge in [-0.3, -0.25) is 0 Å². The van der Waals surface area contributed by atoms with Crippen LogP contribution in [0.2, 0.25) is 0 Å². The SMILES string of the molecule is CC.COc1cccc2c1C(C)CO2. The van der Waals surface area contributed by atoms with Crippen LogP contribution in [0.15, 0.2) is 18.2 Å². The molecular weight excluding hydrogens is 176 g/mol. The van der Waals surface area contributed by atoms with Crippen molar-refractivity contribution in [3.05, 3.63) is 23.8 Å². The van der Waals surface area contributed by atoms with Crippen molar-refractivity contribution < 1.29 is 9.47 Å². The third-order valence-electron chi connectivity index (χ3n) is 2.23. The molecule has 1 aliphatic rings. The van der Waals surface area contributed by atoms with Crippen LogP contribution in [-0.4, -0.2) is 13.7 Å². The van der Waals surface area contributed by atoms with E-state index in [1.54, 1.807) is 7.11 Å². The Morgan fingerprint density at radius 2 is 2.07 bits per heavy atom. The Balaban J connectivity index is 0.000000461. The number of rotatable bonds is 1. The van der Waals surface area contributed by atoms with Gasteiger partial charge in [-0.05, 0) is 12.1 Å². The van der Waals surface area contributed by atoms with Gasteiger partial charge in [-0.2, -0.15) is 0 Å². The standard InChI is InChI=1S/C10H12O2.C2H6/c1-7-6-12-9-5-3-4-8(11-2)10(7)9;1-2/h3-5,7H,6H2,1-2H3;1-2H3. The molecule has 0 aromatic heterocycles. The van der Waals surface area contributed by atoms with Crippen molar-refractivity contribution in [1.29, 1.82) is 0 Å². The molecule has 2 heteroatoms. The maximum absolute atomic E-state index is 5.47. The number of methoxy groups -OCH3 is 1. The van der Waals surface area contributed by atoms with Crippen molar-refractivity contribution in [2.75, 3.05) is 13.7 Å². The summed E-state index contributed by atoms with van der Waals surface area (Å²) in [5.41, 5.74) is 1.21. The van der Waals surface area contributed by atoms with Gasteiger partial charge in [-0.1, -0.05) is 26.8 Å². The predicted molar refractivity (Wildman–Crippen MR) is 58.3 cm³/mol. The Morgan fingerprint density at radius 1 is 1.36 bits per heavy atom. The van der Waals surface area contributed by atoms with E-state index in [0.717, 1.165) is 18.1 Å². The van der Waals surface area contributed by atoms with Gasteiger partial charge in [0.2, 0.25) is 0 Å². The van der Waals surface area contributed by atoms with Crippen LogP contribution in [-0.2, 0) is 0 Å². The second-order valence-electron chi connectivity index (χ2n) is 3.08. The molecule has 0 bridgehead atoms. The molecule has 0 aliphatic carbocycles. The van der Waals surface area contributed by atoms with E-state index in [9.17, 15) is 0 Å². The van der Waals surface area contributed by atoms with Crippen LogP contribution in [0.3, 0.4) is 0 Å². The van der Waals surface area contributed by atoms with E-state index >= 15 is 0 Å². The molecule has 1 aromatic carbocycles. The third-order valence-corrected chi connectivity index (χ3v) is 2.23. The minimum Gasteiger partial charge on any atom is -0.496 e. The predicted octanol–water partition coefficient (Wildman–Crippen LogP) is 3.22. The van der Waals surface area contributed by atoms with E-state index in [0.29, 0.717) is 5.92 Å². The van der Waals surface area contributed by atoms with Gasteiger partial charge in [-0.15, -0.1) is 0 Å². The number of ether oxygens (including phenoxy) is 2. The molecule has 0 saturated heterocycles. The summed E-state index contributed by atoms with van der Waals surface area (Å²) in [6.07, 6.45) is 0. The first-order chi connectivity index (χ1) is 6.83. The van der Waals surface area contributed by atoms with E-state index in [4.69, 9.17) is 9.47 Å². The van der Waals surface area contributed by atoms with Gasteiger partial charge >= 0.3 is 0 Å². The molecule has 0 amide bonds. The molecule has 0 spiro atoms. The average Bonchev–Trinajstić information content (AvgIpc) is 2.64. The molecule has 1 atom stereocenters. The van der Waals surface area contributed by atoms with Crippen molar-refractivity contribution in [3.8, 4) is 11.5 Å². The zero-order valence-electron chi connectivity index (χ0n) is 9.33. The van der Waals surface area contributed by atoms with E-state index in [-0.39, 0.29) is 0 Å². The third kappa shape index (κ3) is 1.84. The molecule has 1 aliphatic heterocycles. The van der Waals surface area contributed by atoms with Crippen LogP contribution in [0.4, 0.5) is 0 Å². The Labute approximate surface area is 85.8 Å². The van der Waals surface area contributed by atoms with E-state index in [1.807, 2.05) is 32.0 Å². The number of hydrogen-bond donors (Lipinski definition) is 0. The van der Waals surface area contributed by atoms with Crippen molar-refractivity contribution in [2.45, 2.75) is 26.7 Å². The Kier molecular flexibility index (Phi) is 3.81. The molecule has 2 rings (SSSR count). The summed E-state index contributed by atoms with van der Waals surface area (Å²) in [5.74, 6) is 2.37. The maximum Gasteiger partial charge on any atom is 0.126 e. The number of benzene rings is 1. The highest BCUT2D eigenvalue weighted by atomic mass is 16.5. The summed E-state index contributed by atoms with van der Waals surface area (Å²) >= 11 is 0. The van der Waals surface area contributed by atoms with Gasteiger partial charge in [0, 0.05) is 11.5 Å². The first kappa shape index (κ1) is 10.9. The maximum atomic E-state index is 5.47. The average molecular weight is 194 g/mol. The topological polar surface area (TPSA) is 18.5 Å². The second kappa shape index (κ2) is 4.89. The molecule has 0 fully saturated rings. The molecule has 0 radical (unpaired) electrons. The largest absolute Gasteiger partial charge is 0.496 e. The first-order valence-corrected chi connectivity index (χ1v) is 5.12. The summed E-state index contributed by atoms with van der Waals surface area (Å²) in [4.78, 5) is 0. The molecular formula is C12H18O2. The second-order valence-corrected chi connectivity index (χ2v) is 3.08. The molecule has 0 saturated carbocycles. The number of hydrogen-bond acceptors (Lipinski definition) is 2. The van der Waals surface area contributed by atoms with Crippen LogP contribution in [0, 0.1) is 0 Å². The van der Waals surface area contributed by atoms with E-state index in [2.05, 4.69) is 6.92 Å². The van der Waals surface area contributed by atoms with E-state index < -0.39 is 0 Å². The molecule has 1 heterocycles. The fraction of sp³-hybridized carbons (Fsp3) is 0.500. The highest BCUT2D eigenvalue weighted by Gasteiger charge is 2.23. The van der Waals surface area contributed by atoms with Gasteiger partial charge < -0.3 is 9.47 Å². The van der Waals surface area contributed by atoms with Crippen molar-refractivity contribution in [1.82, 2.24) is 0 Å². The first-order valence-electron chi connectivity index (χ1n) is 5.12. The molecule has 2 nitrogen and oxygen atoms in total. The minimum absolute atomic E-state index is 0.455. The van der Waals surface area contributed by atoms with Crippen LogP contribution in [0.25, 0.3) is 0 Å². The smallest absolute Gasteiger partial charge is 0.126 e. The van der Waals surface area contributed by atoms with Gasteiger partial charge in [0.1, 0.15) is 11.5 Å². The fourth-order valence-electron chi connectivity index (χ4n) is 1.61. The zero-order chi connectivity index (χ0) is 10.6. The van der Waals surface area contributed by atoms with E-state index in [1.165, 1.54) is 5.56 Å². The highest BCUT2D eigenvalue weighted by Crippen LogP contribution is 2.39. The van der Waals surface area contributed by atoms with Crippen LogP contribution in [0.1, 0.15) is 32.3 Å². The van der Waals surface area contributed by atoms with Crippen molar-refractivity contribution in [3.63, 3.8) is 0 Å². The summed E-state index contributed by atoms with van der Waals surface area (Å²) in [6, 6.07) is 5.92. The lowest BCUT2D eigenvalue weighted by Crippen LogP contribution is -1.95. The molecule has 78 valence electrons. The van der Waals surface area contributed by atoms with Gasteiger partial charge in [-0.25, -0.2) is 0 Å². The quantitative estimate of drug-likeness (QED) is 0.683. The fourth-order valence-corrected chi connectivity index (χ4v) is 1.61. The van der Waals surface area contributed by atoms with Gasteiger partial charge in [0.25, 0.3) is 0 Å². The van der Waals surface area contributed by atoms with Crippen LogP contribution in [0.5, 0.6) is 11.5 Å². The lowest BCUT2D eigenvalue weighted by Gasteiger charge is -2.06. The summed E-state index contributed by atoms with van der Waals surface area (Å²) < 4.78 is 10.7. The highest BCUT2D eigenvalue weighted by molar-refractivity contribution is 5.49. The van der Waals surface area contributed by atoms with Gasteiger partial charge in [0.15, 0.2) is 0 Å². The Morgan fingerprint density at radius 3 is 2.71 bits per heavy atom. The monoisotopic (exact) mass is 194 g/mol. The van der Waals surface area contributed by atoms with Crippen molar-refractivity contribution in [2.24, 2.45) is 0 Å². The summed E-state index contributed by atoms with van der Waals surface area (Å²) in [5, 5.41) is 0. The molecule has 14 heavy (non-hydrogen) atoms. The van der Waals surface area contributed by atoms with Crippen LogP contribution >= 0.6 is 0 Å². The minimum atomic E-state index is 0.455. The Bertz CT molecular complexity index is 294. The molecule has 0 N–H and O–H groups in total. The van der Waals surface area contributed by atoms with Crippen LogP contribution < -0.4 is 9.47 Å². The van der Waals surface area contributed by atoms with Crippen molar-refractivity contribution >= 4 is 0 Å². The number of fused-ring (bicyclic) bond motifs is 1. The summed E-state index contributed by atoms with van der Waals surface area (Å²) in [6.45, 7) is 6.92.